The summed E-state index contributed by atoms with van der Waals surface area (Å²) in [5.41, 5.74) is 9.96. The third-order valence-electron chi connectivity index (χ3n) is 4.85. The molecule has 1 amide bonds. The summed E-state index contributed by atoms with van der Waals surface area (Å²) in [4.78, 5) is 11.8. The summed E-state index contributed by atoms with van der Waals surface area (Å²) in [6.45, 7) is 3.81. The molecule has 0 saturated carbocycles. The van der Waals surface area contributed by atoms with Crippen LogP contribution in [0.4, 0.5) is 8.78 Å². The van der Waals surface area contributed by atoms with E-state index in [1.165, 1.54) is 12.1 Å². The standard InChI is InChI=1S/C19H21F2N7O/c1-10-4-3-5-14(17(22)29)15(10)9-28-16-8-12(6-7-13(16)11(2)27-28)19(20,21)18(25-23)26-24/h3-8H,9,23-24H2,1-2H3,(H2,22,29)(H,25,26). The highest BCUT2D eigenvalue weighted by atomic mass is 19.3. The molecule has 0 radical (unpaired) electrons. The van der Waals surface area contributed by atoms with Crippen LogP contribution in [0.2, 0.25) is 0 Å². The third-order valence-corrected chi connectivity index (χ3v) is 4.85. The number of alkyl halides is 2. The molecule has 0 spiro atoms. The third kappa shape index (κ3) is 3.49. The van der Waals surface area contributed by atoms with Crippen molar-refractivity contribution in [1.29, 1.82) is 0 Å². The molecule has 0 atom stereocenters. The number of nitrogens with one attached hydrogen (secondary N) is 1. The van der Waals surface area contributed by atoms with Gasteiger partial charge in [0.2, 0.25) is 11.7 Å². The maximum Gasteiger partial charge on any atom is 0.332 e. The van der Waals surface area contributed by atoms with E-state index in [2.05, 4.69) is 10.2 Å². The molecule has 3 rings (SSSR count). The molecule has 152 valence electrons. The van der Waals surface area contributed by atoms with Gasteiger partial charge in [0.15, 0.2) is 0 Å². The summed E-state index contributed by atoms with van der Waals surface area (Å²) in [7, 11) is 0. The number of rotatable bonds is 5. The Hall–Kier alpha value is -3.53. The van der Waals surface area contributed by atoms with E-state index >= 15 is 0 Å². The van der Waals surface area contributed by atoms with Crippen LogP contribution in [0.1, 0.15) is 32.7 Å². The van der Waals surface area contributed by atoms with Crippen molar-refractivity contribution in [2.24, 2.45) is 22.5 Å². The van der Waals surface area contributed by atoms with Crippen molar-refractivity contribution in [3.8, 4) is 0 Å². The fourth-order valence-corrected chi connectivity index (χ4v) is 3.29. The van der Waals surface area contributed by atoms with Crippen LogP contribution < -0.4 is 22.8 Å². The van der Waals surface area contributed by atoms with Crippen molar-refractivity contribution in [3.63, 3.8) is 0 Å². The van der Waals surface area contributed by atoms with Crippen molar-refractivity contribution >= 4 is 22.6 Å². The molecule has 0 aliphatic carbocycles. The number of amides is 1. The number of hydrazine groups is 1. The monoisotopic (exact) mass is 401 g/mol. The Labute approximate surface area is 165 Å². The van der Waals surface area contributed by atoms with Gasteiger partial charge in [0, 0.05) is 16.5 Å². The van der Waals surface area contributed by atoms with Crippen molar-refractivity contribution < 1.29 is 13.6 Å². The second-order valence-electron chi connectivity index (χ2n) is 6.64. The SMILES string of the molecule is Cc1cccc(C(N)=O)c1Cn1nc(C)c2ccc(C(F)(F)/C(=N/N)NN)cc21. The predicted octanol–water partition coefficient (Wildman–Crippen LogP) is 1.63. The average Bonchev–Trinajstić information content (AvgIpc) is 2.99. The Morgan fingerprint density at radius 1 is 1.28 bits per heavy atom. The molecule has 8 nitrogen and oxygen atoms in total. The topological polar surface area (TPSA) is 137 Å². The van der Waals surface area contributed by atoms with Crippen molar-refractivity contribution in [2.45, 2.75) is 26.3 Å². The molecule has 0 saturated heterocycles. The fraction of sp³-hybridized carbons (Fsp3) is 0.211. The largest absolute Gasteiger partial charge is 0.366 e. The van der Waals surface area contributed by atoms with Crippen molar-refractivity contribution in [3.05, 3.63) is 64.3 Å². The van der Waals surface area contributed by atoms with E-state index in [0.717, 1.165) is 5.56 Å². The number of hydrazone groups is 1. The maximum atomic E-state index is 14.7. The van der Waals surface area contributed by atoms with E-state index in [9.17, 15) is 13.6 Å². The van der Waals surface area contributed by atoms with Crippen LogP contribution in [0.15, 0.2) is 41.5 Å². The number of amidine groups is 1. The molecule has 10 heteroatoms. The summed E-state index contributed by atoms with van der Waals surface area (Å²) in [5, 5.41) is 8.19. The lowest BCUT2D eigenvalue weighted by Crippen LogP contribution is -2.43. The molecule has 1 aromatic heterocycles. The molecular formula is C19H21F2N7O. The van der Waals surface area contributed by atoms with Crippen LogP contribution in [-0.4, -0.2) is 21.5 Å². The molecule has 3 aromatic rings. The number of aromatic nitrogens is 2. The minimum Gasteiger partial charge on any atom is -0.366 e. The Kier molecular flexibility index (Phi) is 5.21. The van der Waals surface area contributed by atoms with Gasteiger partial charge in [-0.25, -0.2) is 5.84 Å². The van der Waals surface area contributed by atoms with Crippen LogP contribution in [0, 0.1) is 13.8 Å². The van der Waals surface area contributed by atoms with E-state index in [-0.39, 0.29) is 12.1 Å². The molecule has 7 N–H and O–H groups in total. The Morgan fingerprint density at radius 2 is 2.00 bits per heavy atom. The lowest BCUT2D eigenvalue weighted by molar-refractivity contribution is 0.0714. The smallest absolute Gasteiger partial charge is 0.332 e. The minimum atomic E-state index is -3.53. The van der Waals surface area contributed by atoms with Gasteiger partial charge in [-0.05, 0) is 37.1 Å². The van der Waals surface area contributed by atoms with Crippen LogP contribution in [0.25, 0.3) is 10.9 Å². The molecule has 2 aromatic carbocycles. The van der Waals surface area contributed by atoms with E-state index in [1.54, 1.807) is 29.8 Å². The Balaban J connectivity index is 2.15. The van der Waals surface area contributed by atoms with Gasteiger partial charge in [-0.2, -0.15) is 19.0 Å². The summed E-state index contributed by atoms with van der Waals surface area (Å²) in [6, 6.07) is 9.33. The number of benzene rings is 2. The number of primary amides is 1. The number of hydrogen-bond donors (Lipinski definition) is 4. The van der Waals surface area contributed by atoms with Crippen LogP contribution >= 0.6 is 0 Å². The highest BCUT2D eigenvalue weighted by molar-refractivity contribution is 5.95. The van der Waals surface area contributed by atoms with E-state index in [0.29, 0.717) is 27.7 Å². The molecule has 0 aliphatic heterocycles. The highest BCUT2D eigenvalue weighted by Crippen LogP contribution is 2.32. The number of halogens is 2. The second-order valence-corrected chi connectivity index (χ2v) is 6.64. The lowest BCUT2D eigenvalue weighted by atomic mass is 10.0. The van der Waals surface area contributed by atoms with Gasteiger partial charge in [0.05, 0.1) is 17.8 Å². The van der Waals surface area contributed by atoms with Crippen molar-refractivity contribution in [2.75, 3.05) is 0 Å². The van der Waals surface area contributed by atoms with Crippen LogP contribution in [0.3, 0.4) is 0 Å². The molecule has 0 unspecified atom stereocenters. The first-order chi connectivity index (χ1) is 13.7. The first-order valence-corrected chi connectivity index (χ1v) is 8.69. The number of fused-ring (bicyclic) bond motifs is 1. The van der Waals surface area contributed by atoms with Gasteiger partial charge in [-0.15, -0.1) is 0 Å². The summed E-state index contributed by atoms with van der Waals surface area (Å²) in [5.74, 6) is 5.18. The van der Waals surface area contributed by atoms with E-state index in [4.69, 9.17) is 17.4 Å². The number of hydrogen-bond acceptors (Lipinski definition) is 5. The molecule has 0 fully saturated rings. The zero-order chi connectivity index (χ0) is 21.3. The summed E-state index contributed by atoms with van der Waals surface area (Å²) in [6.07, 6.45) is 0. The molecule has 29 heavy (non-hydrogen) atoms. The number of nitrogens with two attached hydrogens (primary N) is 3. The van der Waals surface area contributed by atoms with Crippen LogP contribution in [0.5, 0.6) is 0 Å². The average molecular weight is 401 g/mol. The minimum absolute atomic E-state index is 0.192. The molecule has 1 heterocycles. The fourth-order valence-electron chi connectivity index (χ4n) is 3.29. The van der Waals surface area contributed by atoms with Gasteiger partial charge in [0.25, 0.3) is 0 Å². The first-order valence-electron chi connectivity index (χ1n) is 8.69. The lowest BCUT2D eigenvalue weighted by Gasteiger charge is -2.18. The highest BCUT2D eigenvalue weighted by Gasteiger charge is 2.39. The Morgan fingerprint density at radius 3 is 2.62 bits per heavy atom. The first kappa shape index (κ1) is 20.2. The van der Waals surface area contributed by atoms with Gasteiger partial charge < -0.3 is 17.0 Å². The second kappa shape index (κ2) is 7.47. The number of carbonyl (C=O) groups is 1. The van der Waals surface area contributed by atoms with Gasteiger partial charge in [0.1, 0.15) is 0 Å². The molecular weight excluding hydrogens is 380 g/mol. The zero-order valence-corrected chi connectivity index (χ0v) is 15.9. The number of carbonyl (C=O) groups excluding carboxylic acids is 1. The summed E-state index contributed by atoms with van der Waals surface area (Å²) >= 11 is 0. The predicted molar refractivity (Wildman–Crippen MR) is 106 cm³/mol. The summed E-state index contributed by atoms with van der Waals surface area (Å²) < 4.78 is 31.0. The van der Waals surface area contributed by atoms with Crippen LogP contribution in [-0.2, 0) is 12.5 Å². The maximum absolute atomic E-state index is 14.7. The number of aryl methyl sites for hydroxylation is 2. The molecule has 0 aliphatic rings. The van der Waals surface area contributed by atoms with E-state index < -0.39 is 17.7 Å². The quantitative estimate of drug-likeness (QED) is 0.223. The zero-order valence-electron chi connectivity index (χ0n) is 15.9. The van der Waals surface area contributed by atoms with Gasteiger partial charge in [-0.3, -0.25) is 9.48 Å². The van der Waals surface area contributed by atoms with Crippen molar-refractivity contribution in [1.82, 2.24) is 15.2 Å². The van der Waals surface area contributed by atoms with E-state index in [1.807, 2.05) is 18.4 Å². The molecule has 0 bridgehead atoms. The Bertz CT molecular complexity index is 1120. The van der Waals surface area contributed by atoms with Gasteiger partial charge in [-0.1, -0.05) is 24.3 Å². The number of nitrogens with zero attached hydrogens (tertiary/aromatic N) is 3. The van der Waals surface area contributed by atoms with Gasteiger partial charge >= 0.3 is 5.92 Å². The normalized spacial score (nSPS) is 12.4.